The molecule has 194 valence electrons. The molecule has 0 fully saturated rings. The van der Waals surface area contributed by atoms with E-state index >= 15 is 0 Å². The molecule has 0 aliphatic rings. The van der Waals surface area contributed by atoms with Crippen molar-refractivity contribution in [3.63, 3.8) is 0 Å². The summed E-state index contributed by atoms with van der Waals surface area (Å²) in [5.41, 5.74) is 10.1. The average molecular weight is 516 g/mol. The number of hydrogen-bond acceptors (Lipinski definition) is 5. The average Bonchev–Trinajstić information content (AvgIpc) is 2.93. The summed E-state index contributed by atoms with van der Waals surface area (Å²) in [5, 5.41) is 2.76. The lowest BCUT2D eigenvalue weighted by molar-refractivity contribution is -0.119. The van der Waals surface area contributed by atoms with Gasteiger partial charge in [-0.1, -0.05) is 65.7 Å². The number of aryl methyl sites for hydroxylation is 4. The van der Waals surface area contributed by atoms with Crippen LogP contribution in [0.5, 0.6) is 0 Å². The van der Waals surface area contributed by atoms with E-state index in [0.29, 0.717) is 22.3 Å². The van der Waals surface area contributed by atoms with Crippen molar-refractivity contribution in [2.24, 2.45) is 0 Å². The van der Waals surface area contributed by atoms with Gasteiger partial charge in [0, 0.05) is 16.8 Å². The summed E-state index contributed by atoms with van der Waals surface area (Å²) in [6.07, 6.45) is 0. The molecule has 0 radical (unpaired) electrons. The molecule has 0 saturated heterocycles. The number of nitrogens with one attached hydrogen (secondary N) is 1. The number of ether oxygens (including phenoxy) is 1. The van der Waals surface area contributed by atoms with E-state index in [4.69, 9.17) is 14.7 Å². The van der Waals surface area contributed by atoms with Crippen molar-refractivity contribution >= 4 is 28.6 Å². The minimum absolute atomic E-state index is 0.300. The summed E-state index contributed by atoms with van der Waals surface area (Å²) in [4.78, 5) is 35.0. The molecule has 1 N–H and O–H groups in total. The van der Waals surface area contributed by atoms with Crippen LogP contribution < -0.4 is 5.32 Å². The van der Waals surface area contributed by atoms with Crippen molar-refractivity contribution < 1.29 is 14.3 Å². The van der Waals surface area contributed by atoms with E-state index in [9.17, 15) is 9.59 Å². The molecular weight excluding hydrogens is 486 g/mol. The molecule has 1 amide bonds. The second-order valence-electron chi connectivity index (χ2n) is 9.78. The largest absolute Gasteiger partial charge is 0.452 e. The Hall–Kier alpha value is -4.84. The number of hydrogen-bond donors (Lipinski definition) is 1. The summed E-state index contributed by atoms with van der Waals surface area (Å²) < 4.78 is 5.30. The van der Waals surface area contributed by atoms with Gasteiger partial charge in [-0.05, 0) is 69.2 Å². The molecule has 0 spiro atoms. The van der Waals surface area contributed by atoms with Gasteiger partial charge in [0.05, 0.1) is 28.0 Å². The third-order valence-electron chi connectivity index (χ3n) is 6.67. The molecule has 39 heavy (non-hydrogen) atoms. The molecular formula is C33H29N3O3. The lowest BCUT2D eigenvalue weighted by Crippen LogP contribution is -2.21. The molecule has 0 atom stereocenters. The summed E-state index contributed by atoms with van der Waals surface area (Å²) in [6, 6.07) is 27.0. The first-order valence-corrected chi connectivity index (χ1v) is 12.8. The maximum atomic E-state index is 12.8. The molecule has 0 aliphatic heterocycles. The van der Waals surface area contributed by atoms with Crippen LogP contribution in [0.3, 0.4) is 0 Å². The Bertz CT molecular complexity index is 1690. The summed E-state index contributed by atoms with van der Waals surface area (Å²) in [5.74, 6) is -1.01. The highest BCUT2D eigenvalue weighted by Gasteiger charge is 2.16. The minimum Gasteiger partial charge on any atom is -0.452 e. The zero-order chi connectivity index (χ0) is 27.5. The van der Waals surface area contributed by atoms with Crippen molar-refractivity contribution in [1.82, 2.24) is 9.97 Å². The first kappa shape index (κ1) is 25.8. The lowest BCUT2D eigenvalue weighted by atomic mass is 10.0. The van der Waals surface area contributed by atoms with Crippen molar-refractivity contribution in [3.8, 4) is 22.5 Å². The van der Waals surface area contributed by atoms with Crippen LogP contribution in [0.25, 0.3) is 33.5 Å². The van der Waals surface area contributed by atoms with E-state index in [1.807, 2.05) is 82.3 Å². The molecule has 6 heteroatoms. The van der Waals surface area contributed by atoms with Gasteiger partial charge in [0.25, 0.3) is 5.91 Å². The van der Waals surface area contributed by atoms with Gasteiger partial charge in [-0.25, -0.2) is 14.8 Å². The fourth-order valence-electron chi connectivity index (χ4n) is 4.24. The fourth-order valence-corrected chi connectivity index (χ4v) is 4.24. The summed E-state index contributed by atoms with van der Waals surface area (Å²) >= 11 is 0. The van der Waals surface area contributed by atoms with Crippen LogP contribution in [-0.4, -0.2) is 28.5 Å². The number of benzene rings is 4. The van der Waals surface area contributed by atoms with Gasteiger partial charge in [-0.15, -0.1) is 0 Å². The molecule has 0 saturated carbocycles. The number of carbonyl (C=O) groups is 2. The van der Waals surface area contributed by atoms with Crippen LogP contribution in [0.2, 0.25) is 0 Å². The summed E-state index contributed by atoms with van der Waals surface area (Å²) in [7, 11) is 0. The molecule has 5 rings (SSSR count). The van der Waals surface area contributed by atoms with Gasteiger partial charge >= 0.3 is 5.97 Å². The zero-order valence-electron chi connectivity index (χ0n) is 22.4. The Labute approximate surface area is 227 Å². The van der Waals surface area contributed by atoms with Gasteiger partial charge in [0.2, 0.25) is 0 Å². The Morgan fingerprint density at radius 3 is 1.85 bits per heavy atom. The maximum Gasteiger partial charge on any atom is 0.338 e. The van der Waals surface area contributed by atoms with E-state index in [1.54, 1.807) is 18.2 Å². The van der Waals surface area contributed by atoms with Crippen molar-refractivity contribution in [3.05, 3.63) is 113 Å². The number of amides is 1. The van der Waals surface area contributed by atoms with Crippen molar-refractivity contribution in [2.75, 3.05) is 11.9 Å². The second-order valence-corrected chi connectivity index (χ2v) is 9.78. The van der Waals surface area contributed by atoms with Gasteiger partial charge in [0.15, 0.2) is 6.61 Å². The van der Waals surface area contributed by atoms with Crippen LogP contribution in [-0.2, 0) is 9.53 Å². The Morgan fingerprint density at radius 1 is 0.667 bits per heavy atom. The number of carbonyl (C=O) groups excluding carboxylic acids is 2. The number of esters is 1. The topological polar surface area (TPSA) is 81.2 Å². The van der Waals surface area contributed by atoms with Crippen LogP contribution in [0.15, 0.2) is 84.9 Å². The molecule has 1 heterocycles. The number of nitrogens with zero attached hydrogens (tertiary/aromatic N) is 2. The number of fused-ring (bicyclic) bond motifs is 1. The predicted octanol–water partition coefficient (Wildman–Crippen LogP) is 6.99. The lowest BCUT2D eigenvalue weighted by Gasteiger charge is -2.12. The van der Waals surface area contributed by atoms with Crippen molar-refractivity contribution in [1.29, 1.82) is 0 Å². The van der Waals surface area contributed by atoms with E-state index < -0.39 is 18.5 Å². The van der Waals surface area contributed by atoms with E-state index in [2.05, 4.69) is 17.4 Å². The molecule has 6 nitrogen and oxygen atoms in total. The Kier molecular flexibility index (Phi) is 7.19. The van der Waals surface area contributed by atoms with E-state index in [-0.39, 0.29) is 0 Å². The second kappa shape index (κ2) is 10.9. The van der Waals surface area contributed by atoms with Gasteiger partial charge in [-0.2, -0.15) is 0 Å². The third-order valence-corrected chi connectivity index (χ3v) is 6.67. The summed E-state index contributed by atoms with van der Waals surface area (Å²) in [6.45, 7) is 7.67. The Balaban J connectivity index is 1.41. The minimum atomic E-state index is -0.603. The molecule has 5 aromatic rings. The highest BCUT2D eigenvalue weighted by atomic mass is 16.5. The third kappa shape index (κ3) is 5.85. The van der Waals surface area contributed by atoms with Crippen molar-refractivity contribution in [2.45, 2.75) is 27.7 Å². The smallest absolute Gasteiger partial charge is 0.338 e. The number of aromatic nitrogens is 2. The van der Waals surface area contributed by atoms with Crippen LogP contribution >= 0.6 is 0 Å². The fraction of sp³-hybridized carbons (Fsp3) is 0.152. The van der Waals surface area contributed by atoms with Crippen LogP contribution in [0, 0.1) is 27.7 Å². The SMILES string of the molecule is Cc1ccc(-c2nc3ccc(C(=O)OCC(=O)Nc4ccc(C)c(C)c4)cc3nc2-c2ccc(C)cc2)cc1. The van der Waals surface area contributed by atoms with Gasteiger partial charge < -0.3 is 10.1 Å². The highest BCUT2D eigenvalue weighted by Crippen LogP contribution is 2.31. The first-order valence-electron chi connectivity index (χ1n) is 12.8. The van der Waals surface area contributed by atoms with E-state index in [0.717, 1.165) is 44.8 Å². The van der Waals surface area contributed by atoms with Crippen LogP contribution in [0.1, 0.15) is 32.6 Å². The number of rotatable bonds is 6. The molecule has 1 aromatic heterocycles. The number of anilines is 1. The van der Waals surface area contributed by atoms with E-state index in [1.165, 1.54) is 0 Å². The van der Waals surface area contributed by atoms with Crippen LogP contribution in [0.4, 0.5) is 5.69 Å². The highest BCUT2D eigenvalue weighted by molar-refractivity contribution is 5.97. The quantitative estimate of drug-likeness (QED) is 0.246. The zero-order valence-corrected chi connectivity index (χ0v) is 22.4. The predicted molar refractivity (Wildman–Crippen MR) is 155 cm³/mol. The normalized spacial score (nSPS) is 10.9. The Morgan fingerprint density at radius 2 is 1.26 bits per heavy atom. The molecule has 0 aliphatic carbocycles. The first-order chi connectivity index (χ1) is 18.8. The standard InChI is InChI=1S/C33H29N3O3/c1-20-5-10-24(11-6-20)31-32(25-12-7-21(2)8-13-25)36-29-18-26(14-16-28(29)35-31)33(38)39-19-30(37)34-27-15-9-22(3)23(4)17-27/h5-18H,19H2,1-4H3,(H,34,37). The molecule has 0 unspecified atom stereocenters. The maximum absolute atomic E-state index is 12.8. The molecule has 4 aromatic carbocycles. The molecule has 0 bridgehead atoms. The van der Waals surface area contributed by atoms with Gasteiger partial charge in [-0.3, -0.25) is 4.79 Å². The van der Waals surface area contributed by atoms with Gasteiger partial charge in [0.1, 0.15) is 0 Å². The monoisotopic (exact) mass is 515 g/mol.